The zero-order valence-corrected chi connectivity index (χ0v) is 22.7. The zero-order chi connectivity index (χ0) is 24.3. The molecule has 4 aromatic heterocycles. The van der Waals surface area contributed by atoms with E-state index in [1.54, 1.807) is 0 Å². The van der Waals surface area contributed by atoms with Crippen LogP contribution in [0.4, 0.5) is 0 Å². The molecule has 0 aliphatic rings. The van der Waals surface area contributed by atoms with E-state index in [-0.39, 0.29) is 0 Å². The van der Waals surface area contributed by atoms with Gasteiger partial charge in [-0.3, -0.25) is 10.1 Å². The van der Waals surface area contributed by atoms with Crippen LogP contribution < -0.4 is 0 Å². The molecule has 5 heteroatoms. The summed E-state index contributed by atoms with van der Waals surface area (Å²) in [5.74, 6) is 0. The minimum Gasteiger partial charge on any atom is -0.276 e. The number of hydrogen-bond acceptors (Lipinski definition) is 4. The summed E-state index contributed by atoms with van der Waals surface area (Å²) < 4.78 is 0. The van der Waals surface area contributed by atoms with Gasteiger partial charge in [-0.15, -0.1) is 22.7 Å². The van der Waals surface area contributed by atoms with E-state index >= 15 is 0 Å². The largest absolute Gasteiger partial charge is 0.276 e. The van der Waals surface area contributed by atoms with Crippen LogP contribution in [0.25, 0.3) is 34.1 Å². The number of aromatic amines is 1. The summed E-state index contributed by atoms with van der Waals surface area (Å²) in [5.41, 5.74) is 3.99. The van der Waals surface area contributed by atoms with E-state index in [1.165, 1.54) is 83.7 Å². The van der Waals surface area contributed by atoms with Crippen LogP contribution in [0.2, 0.25) is 0 Å². The van der Waals surface area contributed by atoms with Crippen LogP contribution in [0.5, 0.6) is 0 Å². The second-order valence-corrected chi connectivity index (χ2v) is 11.5. The summed E-state index contributed by atoms with van der Waals surface area (Å²) in [7, 11) is 0. The van der Waals surface area contributed by atoms with Crippen molar-refractivity contribution >= 4 is 34.8 Å². The predicted molar refractivity (Wildman–Crippen MR) is 154 cm³/mol. The molecule has 4 heterocycles. The highest BCUT2D eigenvalue weighted by Gasteiger charge is 2.10. The minimum absolute atomic E-state index is 0.888. The average Bonchev–Trinajstić information content (AvgIpc) is 3.64. The molecule has 0 spiro atoms. The number of H-pyrrole nitrogens is 1. The first kappa shape index (κ1) is 25.6. The molecule has 0 fully saturated rings. The van der Waals surface area contributed by atoms with Crippen LogP contribution >= 0.6 is 22.7 Å². The van der Waals surface area contributed by atoms with Gasteiger partial charge in [0.1, 0.15) is 5.69 Å². The Labute approximate surface area is 218 Å². The van der Waals surface area contributed by atoms with Crippen LogP contribution in [0.1, 0.15) is 85.4 Å². The quantitative estimate of drug-likeness (QED) is 0.174. The van der Waals surface area contributed by atoms with Crippen molar-refractivity contribution in [3.8, 4) is 22.0 Å². The zero-order valence-electron chi connectivity index (χ0n) is 21.1. The molecular formula is C30H37N3S2. The number of aromatic nitrogens is 3. The molecule has 0 aliphatic heterocycles. The van der Waals surface area contributed by atoms with Gasteiger partial charge in [-0.25, -0.2) is 0 Å². The van der Waals surface area contributed by atoms with Crippen LogP contribution in [-0.2, 0) is 12.8 Å². The second-order valence-electron chi connectivity index (χ2n) is 9.17. The summed E-state index contributed by atoms with van der Waals surface area (Å²) >= 11 is 3.77. The van der Waals surface area contributed by atoms with Crippen LogP contribution in [0.3, 0.4) is 0 Å². The first-order chi connectivity index (χ1) is 17.2. The number of rotatable bonds is 14. The fraction of sp³-hybridized carbons (Fsp3) is 0.400. The first-order valence-electron chi connectivity index (χ1n) is 13.1. The lowest BCUT2D eigenvalue weighted by Crippen LogP contribution is -1.84. The van der Waals surface area contributed by atoms with Gasteiger partial charge < -0.3 is 0 Å². The molecule has 0 saturated carbocycles. The van der Waals surface area contributed by atoms with Crippen LogP contribution in [0.15, 0.2) is 48.7 Å². The van der Waals surface area contributed by atoms with E-state index < -0.39 is 0 Å². The molecular weight excluding hydrogens is 466 g/mol. The summed E-state index contributed by atoms with van der Waals surface area (Å²) in [5, 5.41) is 7.78. The van der Waals surface area contributed by atoms with Crippen molar-refractivity contribution in [1.82, 2.24) is 15.2 Å². The van der Waals surface area contributed by atoms with Crippen molar-refractivity contribution < 1.29 is 0 Å². The highest BCUT2D eigenvalue weighted by Crippen LogP contribution is 2.30. The smallest absolute Gasteiger partial charge is 0.111 e. The number of thiophene rings is 2. The summed E-state index contributed by atoms with van der Waals surface area (Å²) in [6, 6.07) is 15.3. The standard InChI is InChI=1S/C30H37N3S2/c1-3-5-7-9-11-24-15-16-26(34-24)14-13-23-19-20-31-27(21-23)28-22-29(33-32-28)30-18-17-25(35-30)12-10-8-6-4-2/h13-22H,3-12H2,1-2H3,(H,32,33)/b14-13+. The molecule has 0 amide bonds. The number of nitrogens with one attached hydrogen (secondary N) is 1. The van der Waals surface area contributed by atoms with E-state index in [2.05, 4.69) is 83.6 Å². The fourth-order valence-electron chi connectivity index (χ4n) is 4.18. The average molecular weight is 504 g/mol. The fourth-order valence-corrected chi connectivity index (χ4v) is 6.15. The predicted octanol–water partition coefficient (Wildman–Crippen LogP) is 9.68. The Bertz CT molecular complexity index is 1200. The van der Waals surface area contributed by atoms with E-state index in [0.29, 0.717) is 0 Å². The lowest BCUT2D eigenvalue weighted by molar-refractivity contribution is 0.670. The Morgan fingerprint density at radius 2 is 1.49 bits per heavy atom. The van der Waals surface area contributed by atoms with E-state index in [0.717, 1.165) is 22.6 Å². The van der Waals surface area contributed by atoms with Crippen molar-refractivity contribution in [2.75, 3.05) is 0 Å². The van der Waals surface area contributed by atoms with Crippen LogP contribution in [-0.4, -0.2) is 15.2 Å². The molecule has 35 heavy (non-hydrogen) atoms. The third kappa shape index (κ3) is 7.74. The maximum Gasteiger partial charge on any atom is 0.111 e. The molecule has 0 saturated heterocycles. The highest BCUT2D eigenvalue weighted by molar-refractivity contribution is 7.15. The summed E-state index contributed by atoms with van der Waals surface area (Å²) in [6.45, 7) is 4.52. The van der Waals surface area contributed by atoms with Gasteiger partial charge in [0.05, 0.1) is 16.3 Å². The van der Waals surface area contributed by atoms with Gasteiger partial charge in [0.2, 0.25) is 0 Å². The Hall–Kier alpha value is -2.50. The minimum atomic E-state index is 0.888. The molecule has 0 radical (unpaired) electrons. The molecule has 4 rings (SSSR count). The van der Waals surface area contributed by atoms with Gasteiger partial charge in [-0.05, 0) is 79.8 Å². The number of unbranched alkanes of at least 4 members (excludes halogenated alkanes) is 6. The molecule has 0 aromatic carbocycles. The topological polar surface area (TPSA) is 41.6 Å². The van der Waals surface area contributed by atoms with E-state index in [4.69, 9.17) is 0 Å². The van der Waals surface area contributed by atoms with Crippen LogP contribution in [0, 0.1) is 0 Å². The van der Waals surface area contributed by atoms with Crippen molar-refractivity contribution in [3.05, 3.63) is 68.9 Å². The summed E-state index contributed by atoms with van der Waals surface area (Å²) in [6.07, 6.45) is 19.1. The Morgan fingerprint density at radius 3 is 2.26 bits per heavy atom. The summed E-state index contributed by atoms with van der Waals surface area (Å²) in [4.78, 5) is 10.1. The second kappa shape index (κ2) is 13.6. The van der Waals surface area contributed by atoms with E-state index in [1.807, 2.05) is 28.9 Å². The lowest BCUT2D eigenvalue weighted by Gasteiger charge is -1.98. The lowest BCUT2D eigenvalue weighted by atomic mass is 10.1. The van der Waals surface area contributed by atoms with Crippen molar-refractivity contribution in [1.29, 1.82) is 0 Å². The number of hydrogen-bond donors (Lipinski definition) is 1. The monoisotopic (exact) mass is 503 g/mol. The molecule has 184 valence electrons. The molecule has 0 unspecified atom stereocenters. The molecule has 4 aromatic rings. The maximum atomic E-state index is 4.58. The number of aryl methyl sites for hydroxylation is 2. The SMILES string of the molecule is CCCCCCc1ccc(/C=C/c2ccnc(-c3cc(-c4ccc(CCCCCC)s4)[nH]n3)c2)s1. The normalized spacial score (nSPS) is 11.6. The Morgan fingerprint density at radius 1 is 0.743 bits per heavy atom. The molecule has 0 atom stereocenters. The van der Waals surface area contributed by atoms with Gasteiger partial charge in [0, 0.05) is 20.8 Å². The van der Waals surface area contributed by atoms with Crippen molar-refractivity contribution in [3.63, 3.8) is 0 Å². The Balaban J connectivity index is 1.36. The molecule has 1 N–H and O–H groups in total. The van der Waals surface area contributed by atoms with Crippen molar-refractivity contribution in [2.24, 2.45) is 0 Å². The third-order valence-corrected chi connectivity index (χ3v) is 8.52. The maximum absolute atomic E-state index is 4.58. The van der Waals surface area contributed by atoms with Gasteiger partial charge in [0.15, 0.2) is 0 Å². The number of pyridine rings is 1. The van der Waals surface area contributed by atoms with Crippen molar-refractivity contribution in [2.45, 2.75) is 78.1 Å². The van der Waals surface area contributed by atoms with Gasteiger partial charge in [0.25, 0.3) is 0 Å². The molecule has 0 bridgehead atoms. The first-order valence-corrected chi connectivity index (χ1v) is 14.8. The highest BCUT2D eigenvalue weighted by atomic mass is 32.1. The van der Waals surface area contributed by atoms with E-state index in [9.17, 15) is 0 Å². The van der Waals surface area contributed by atoms with Gasteiger partial charge in [-0.1, -0.05) is 58.4 Å². The third-order valence-electron chi connectivity index (χ3n) is 6.23. The molecule has 0 aliphatic carbocycles. The Kier molecular flexibility index (Phi) is 9.91. The van der Waals surface area contributed by atoms with Gasteiger partial charge >= 0.3 is 0 Å². The molecule has 3 nitrogen and oxygen atoms in total. The number of nitrogens with zero attached hydrogens (tertiary/aromatic N) is 2. The van der Waals surface area contributed by atoms with Gasteiger partial charge in [-0.2, -0.15) is 5.10 Å².